The van der Waals surface area contributed by atoms with Crippen LogP contribution in [-0.4, -0.2) is 42.5 Å². The molecule has 1 aliphatic rings. The molecule has 0 unspecified atom stereocenters. The molecule has 0 radical (unpaired) electrons. The quantitative estimate of drug-likeness (QED) is 0.646. The van der Waals surface area contributed by atoms with Crippen molar-refractivity contribution in [2.45, 2.75) is 39.2 Å². The summed E-state index contributed by atoms with van der Waals surface area (Å²) in [6.45, 7) is 6.20. The van der Waals surface area contributed by atoms with Crippen LogP contribution in [0, 0.1) is 5.92 Å². The van der Waals surface area contributed by atoms with Crippen LogP contribution in [0.15, 0.2) is 0 Å². The minimum absolute atomic E-state index is 0.239. The van der Waals surface area contributed by atoms with E-state index in [-0.39, 0.29) is 5.91 Å². The van der Waals surface area contributed by atoms with Crippen molar-refractivity contribution in [1.82, 2.24) is 4.90 Å². The highest BCUT2D eigenvalue weighted by Crippen LogP contribution is 2.33. The molecule has 1 rings (SSSR count). The maximum Gasteiger partial charge on any atom is 0.222 e. The molecule has 0 aromatic rings. The van der Waals surface area contributed by atoms with Crippen molar-refractivity contribution in [2.24, 2.45) is 5.92 Å². The van der Waals surface area contributed by atoms with Crippen LogP contribution in [0.3, 0.4) is 0 Å². The van der Waals surface area contributed by atoms with E-state index >= 15 is 0 Å². The predicted molar refractivity (Wildman–Crippen MR) is 65.7 cm³/mol. The maximum absolute atomic E-state index is 11.9. The van der Waals surface area contributed by atoms with Gasteiger partial charge < -0.3 is 9.64 Å². The Labute approximate surface area is 103 Å². The lowest BCUT2D eigenvalue weighted by atomic mass is 9.79. The van der Waals surface area contributed by atoms with Crippen LogP contribution in [0.2, 0.25) is 0 Å². The van der Waals surface area contributed by atoms with Gasteiger partial charge in [-0.15, -0.1) is 11.6 Å². The Hall–Kier alpha value is -0.280. The van der Waals surface area contributed by atoms with Crippen molar-refractivity contribution in [3.05, 3.63) is 0 Å². The van der Waals surface area contributed by atoms with E-state index in [1.165, 1.54) is 0 Å². The van der Waals surface area contributed by atoms with Crippen LogP contribution in [0.5, 0.6) is 0 Å². The van der Waals surface area contributed by atoms with Crippen LogP contribution in [0.25, 0.3) is 0 Å². The van der Waals surface area contributed by atoms with E-state index in [4.69, 9.17) is 16.3 Å². The molecule has 94 valence electrons. The highest BCUT2D eigenvalue weighted by atomic mass is 35.5. The molecule has 0 aliphatic heterocycles. The van der Waals surface area contributed by atoms with Gasteiger partial charge in [-0.3, -0.25) is 4.79 Å². The molecule has 0 aromatic heterocycles. The van der Waals surface area contributed by atoms with Crippen LogP contribution in [-0.2, 0) is 9.53 Å². The predicted octanol–water partition coefficient (Wildman–Crippen LogP) is 2.28. The third-order valence-corrected chi connectivity index (χ3v) is 3.32. The summed E-state index contributed by atoms with van der Waals surface area (Å²) in [4.78, 5) is 13.7. The number of nitrogens with zero attached hydrogens (tertiary/aromatic N) is 1. The summed E-state index contributed by atoms with van der Waals surface area (Å²) in [6, 6.07) is 0. The zero-order valence-electron chi connectivity index (χ0n) is 10.2. The van der Waals surface area contributed by atoms with Gasteiger partial charge in [-0.2, -0.15) is 0 Å². The Morgan fingerprint density at radius 3 is 2.62 bits per heavy atom. The summed E-state index contributed by atoms with van der Waals surface area (Å²) in [7, 11) is 0. The first kappa shape index (κ1) is 13.8. The molecule has 1 saturated carbocycles. The van der Waals surface area contributed by atoms with Crippen LogP contribution in [0.1, 0.15) is 33.1 Å². The van der Waals surface area contributed by atoms with Gasteiger partial charge in [-0.1, -0.05) is 0 Å². The fourth-order valence-electron chi connectivity index (χ4n) is 2.15. The lowest BCUT2D eigenvalue weighted by Crippen LogP contribution is -2.38. The van der Waals surface area contributed by atoms with Gasteiger partial charge in [0.1, 0.15) is 0 Å². The first-order valence-electron chi connectivity index (χ1n) is 6.16. The Morgan fingerprint density at radius 2 is 2.12 bits per heavy atom. The van der Waals surface area contributed by atoms with Crippen molar-refractivity contribution >= 4 is 17.5 Å². The second-order valence-corrected chi connectivity index (χ2v) is 4.66. The monoisotopic (exact) mass is 247 g/mol. The molecule has 3 nitrogen and oxygen atoms in total. The Kier molecular flexibility index (Phi) is 6.14. The highest BCUT2D eigenvalue weighted by molar-refractivity contribution is 6.18. The molecule has 1 aliphatic carbocycles. The molecule has 0 spiro atoms. The van der Waals surface area contributed by atoms with Crippen LogP contribution < -0.4 is 0 Å². The first-order valence-corrected chi connectivity index (χ1v) is 6.70. The van der Waals surface area contributed by atoms with Gasteiger partial charge in [-0.05, 0) is 32.6 Å². The second-order valence-electron chi connectivity index (χ2n) is 4.28. The molecule has 0 aromatic carbocycles. The zero-order valence-corrected chi connectivity index (χ0v) is 11.0. The summed E-state index contributed by atoms with van der Waals surface area (Å²) in [5.41, 5.74) is 0. The van der Waals surface area contributed by atoms with E-state index in [1.807, 2.05) is 18.7 Å². The van der Waals surface area contributed by atoms with Gasteiger partial charge in [0.15, 0.2) is 0 Å². The van der Waals surface area contributed by atoms with E-state index in [1.54, 1.807) is 0 Å². The minimum Gasteiger partial charge on any atom is -0.378 e. The van der Waals surface area contributed by atoms with Crippen LogP contribution >= 0.6 is 11.6 Å². The van der Waals surface area contributed by atoms with Gasteiger partial charge in [0, 0.05) is 32.0 Å². The van der Waals surface area contributed by atoms with Gasteiger partial charge in [0.25, 0.3) is 0 Å². The number of carbonyl (C=O) groups excluding carboxylic acids is 1. The van der Waals surface area contributed by atoms with Crippen molar-refractivity contribution in [2.75, 3.05) is 25.6 Å². The van der Waals surface area contributed by atoms with Gasteiger partial charge in [0.05, 0.1) is 6.10 Å². The topological polar surface area (TPSA) is 29.5 Å². The maximum atomic E-state index is 11.9. The summed E-state index contributed by atoms with van der Waals surface area (Å²) in [5, 5.41) is 0. The van der Waals surface area contributed by atoms with Gasteiger partial charge >= 0.3 is 0 Å². The Balaban J connectivity index is 2.20. The van der Waals surface area contributed by atoms with E-state index in [0.717, 1.165) is 26.0 Å². The molecule has 0 saturated heterocycles. The first-order chi connectivity index (χ1) is 7.71. The standard InChI is InChI=1S/C12H22ClNO2/c1-3-14(6-5-13)12(15)9-10-7-11(8-10)16-4-2/h10-11H,3-9H2,1-2H3. The second kappa shape index (κ2) is 7.13. The molecule has 1 amide bonds. The molecule has 4 heteroatoms. The van der Waals surface area contributed by atoms with Gasteiger partial charge in [-0.25, -0.2) is 0 Å². The summed E-state index contributed by atoms with van der Waals surface area (Å²) in [6.07, 6.45) is 3.13. The minimum atomic E-state index is 0.239. The number of hydrogen-bond acceptors (Lipinski definition) is 2. The smallest absolute Gasteiger partial charge is 0.222 e. The summed E-state index contributed by atoms with van der Waals surface area (Å²) >= 11 is 5.65. The fourth-order valence-corrected chi connectivity index (χ4v) is 2.35. The number of halogens is 1. The van der Waals surface area contributed by atoms with E-state index in [0.29, 0.717) is 30.9 Å². The van der Waals surface area contributed by atoms with Crippen molar-refractivity contribution in [1.29, 1.82) is 0 Å². The average molecular weight is 248 g/mol. The van der Waals surface area contributed by atoms with Crippen molar-refractivity contribution in [3.8, 4) is 0 Å². The Morgan fingerprint density at radius 1 is 1.44 bits per heavy atom. The number of rotatable bonds is 7. The van der Waals surface area contributed by atoms with Gasteiger partial charge in [0.2, 0.25) is 5.91 Å². The lowest BCUT2D eigenvalue weighted by molar-refractivity contribution is -0.134. The number of carbonyl (C=O) groups is 1. The van der Waals surface area contributed by atoms with Crippen LogP contribution in [0.4, 0.5) is 0 Å². The SMILES string of the molecule is CCOC1CC(CC(=O)N(CC)CCCl)C1. The highest BCUT2D eigenvalue weighted by Gasteiger charge is 2.31. The number of hydrogen-bond donors (Lipinski definition) is 0. The number of alkyl halides is 1. The lowest BCUT2D eigenvalue weighted by Gasteiger charge is -2.35. The fraction of sp³-hybridized carbons (Fsp3) is 0.917. The number of ether oxygens (including phenoxy) is 1. The molecule has 0 atom stereocenters. The Bertz CT molecular complexity index is 217. The normalized spacial score (nSPS) is 23.9. The van der Waals surface area contributed by atoms with Crippen molar-refractivity contribution < 1.29 is 9.53 Å². The average Bonchev–Trinajstić information content (AvgIpc) is 2.22. The molecule has 0 bridgehead atoms. The van der Waals surface area contributed by atoms with E-state index < -0.39 is 0 Å². The largest absolute Gasteiger partial charge is 0.378 e. The number of amides is 1. The summed E-state index contributed by atoms with van der Waals surface area (Å²) < 4.78 is 5.48. The zero-order chi connectivity index (χ0) is 12.0. The molecule has 16 heavy (non-hydrogen) atoms. The van der Waals surface area contributed by atoms with E-state index in [2.05, 4.69) is 0 Å². The molecular formula is C12H22ClNO2. The van der Waals surface area contributed by atoms with E-state index in [9.17, 15) is 4.79 Å². The third-order valence-electron chi connectivity index (χ3n) is 3.15. The summed E-state index contributed by atoms with van der Waals surface area (Å²) in [5.74, 6) is 1.28. The van der Waals surface area contributed by atoms with Crippen molar-refractivity contribution in [3.63, 3.8) is 0 Å². The molecule has 0 heterocycles. The third kappa shape index (κ3) is 3.95. The molecule has 0 N–H and O–H groups in total. The molecule has 1 fully saturated rings. The molecular weight excluding hydrogens is 226 g/mol.